The molecule has 0 aliphatic rings. The molecule has 0 radical (unpaired) electrons. The predicted octanol–water partition coefficient (Wildman–Crippen LogP) is 5.30. The summed E-state index contributed by atoms with van der Waals surface area (Å²) in [4.78, 5) is 23.9. The number of halogens is 3. The molecule has 2 aromatic rings. The molecule has 0 aromatic heterocycles. The van der Waals surface area contributed by atoms with E-state index in [9.17, 15) is 14.9 Å². The Kier molecular flexibility index (Phi) is 9.13. The van der Waals surface area contributed by atoms with Crippen LogP contribution in [0.5, 0.6) is 5.75 Å². The first-order valence-electron chi connectivity index (χ1n) is 8.30. The number of ether oxygens (including phenoxy) is 2. The normalized spacial score (nSPS) is 10.8. The molecular weight excluding hydrogens is 619 g/mol. The number of nitrogens with one attached hydrogen (secondary N) is 1. The molecule has 0 unspecified atom stereocenters. The standard InChI is InChI=1S/C20H15Br2IN2O4/c1-2-28-18(26)11-29-19-16(22)7-12(8-17(19)23)6-13(10-24)20(27)25-15-5-3-4-14(21)9-15/h3-9H,2,11H2,1H3,(H,25,27)/b13-6-. The lowest BCUT2D eigenvalue weighted by Crippen LogP contribution is -2.15. The topological polar surface area (TPSA) is 88.4 Å². The average molecular weight is 634 g/mol. The van der Waals surface area contributed by atoms with Crippen molar-refractivity contribution in [2.75, 3.05) is 18.5 Å². The second-order valence-electron chi connectivity index (χ2n) is 5.54. The minimum Gasteiger partial charge on any atom is -0.480 e. The largest absolute Gasteiger partial charge is 0.480 e. The van der Waals surface area contributed by atoms with E-state index in [4.69, 9.17) is 9.47 Å². The molecule has 0 spiro atoms. The molecular formula is C20H15Br2IN2O4. The third kappa shape index (κ3) is 7.13. The monoisotopic (exact) mass is 632 g/mol. The van der Waals surface area contributed by atoms with E-state index in [1.165, 1.54) is 6.08 Å². The van der Waals surface area contributed by atoms with Gasteiger partial charge in [0, 0.05) is 10.2 Å². The van der Waals surface area contributed by atoms with E-state index in [1.807, 2.05) is 12.1 Å². The summed E-state index contributed by atoms with van der Waals surface area (Å²) in [5, 5.41) is 12.1. The Morgan fingerprint density at radius 2 is 2.03 bits per heavy atom. The van der Waals surface area contributed by atoms with E-state index >= 15 is 0 Å². The van der Waals surface area contributed by atoms with E-state index < -0.39 is 11.9 Å². The van der Waals surface area contributed by atoms with E-state index in [0.717, 1.165) is 4.47 Å². The number of nitrogens with zero attached hydrogens (tertiary/aromatic N) is 1. The SMILES string of the molecule is CCOC(=O)COc1c(Br)cc(/C=C(/C#N)C(=O)Nc2cccc(Br)c2)cc1I. The third-order valence-electron chi connectivity index (χ3n) is 3.42. The van der Waals surface area contributed by atoms with Gasteiger partial charge in [-0.05, 0) is 87.4 Å². The van der Waals surface area contributed by atoms with E-state index in [1.54, 1.807) is 37.3 Å². The molecule has 0 saturated heterocycles. The molecule has 0 heterocycles. The van der Waals surface area contributed by atoms with Gasteiger partial charge in [0.2, 0.25) is 0 Å². The molecule has 0 saturated carbocycles. The van der Waals surface area contributed by atoms with Gasteiger partial charge in [0.25, 0.3) is 5.91 Å². The second-order valence-corrected chi connectivity index (χ2v) is 8.47. The summed E-state index contributed by atoms with van der Waals surface area (Å²) in [6.07, 6.45) is 1.48. The van der Waals surface area contributed by atoms with Crippen molar-refractivity contribution in [2.24, 2.45) is 0 Å². The number of esters is 1. The van der Waals surface area contributed by atoms with Crippen molar-refractivity contribution in [2.45, 2.75) is 6.92 Å². The van der Waals surface area contributed by atoms with Gasteiger partial charge in [0.05, 0.1) is 14.6 Å². The van der Waals surface area contributed by atoms with Crippen LogP contribution in [0.25, 0.3) is 6.08 Å². The Balaban J connectivity index is 2.19. The number of nitriles is 1. The molecule has 0 fully saturated rings. The Bertz CT molecular complexity index is 979. The zero-order valence-electron chi connectivity index (χ0n) is 15.2. The number of carbonyl (C=O) groups excluding carboxylic acids is 2. The number of hydrogen-bond acceptors (Lipinski definition) is 5. The summed E-state index contributed by atoms with van der Waals surface area (Å²) in [5.41, 5.74) is 1.16. The molecule has 29 heavy (non-hydrogen) atoms. The number of hydrogen-bond donors (Lipinski definition) is 1. The maximum Gasteiger partial charge on any atom is 0.344 e. The van der Waals surface area contributed by atoms with Crippen LogP contribution in [-0.2, 0) is 14.3 Å². The molecule has 0 aliphatic heterocycles. The first-order valence-corrected chi connectivity index (χ1v) is 11.0. The highest BCUT2D eigenvalue weighted by Gasteiger charge is 2.14. The number of amides is 1. The predicted molar refractivity (Wildman–Crippen MR) is 125 cm³/mol. The molecule has 6 nitrogen and oxygen atoms in total. The Labute approximate surface area is 198 Å². The molecule has 2 rings (SSSR count). The van der Waals surface area contributed by atoms with Gasteiger partial charge < -0.3 is 14.8 Å². The van der Waals surface area contributed by atoms with Crippen LogP contribution >= 0.6 is 54.5 Å². The molecule has 1 amide bonds. The van der Waals surface area contributed by atoms with Crippen LogP contribution < -0.4 is 10.1 Å². The molecule has 150 valence electrons. The smallest absolute Gasteiger partial charge is 0.344 e. The second kappa shape index (κ2) is 11.3. The molecule has 1 N–H and O–H groups in total. The van der Waals surface area contributed by atoms with Crippen LogP contribution in [0.3, 0.4) is 0 Å². The van der Waals surface area contributed by atoms with Crippen LogP contribution in [0.15, 0.2) is 50.9 Å². The van der Waals surface area contributed by atoms with Crippen molar-refractivity contribution < 1.29 is 19.1 Å². The molecule has 0 bridgehead atoms. The fourth-order valence-corrected chi connectivity index (χ4v) is 4.38. The maximum absolute atomic E-state index is 12.4. The third-order valence-corrected chi connectivity index (χ3v) is 5.30. The maximum atomic E-state index is 12.4. The Morgan fingerprint density at radius 1 is 1.28 bits per heavy atom. The Hall–Kier alpha value is -1.90. The number of anilines is 1. The van der Waals surface area contributed by atoms with E-state index in [-0.39, 0.29) is 18.8 Å². The average Bonchev–Trinajstić information content (AvgIpc) is 2.65. The lowest BCUT2D eigenvalue weighted by molar-refractivity contribution is -0.145. The number of benzene rings is 2. The highest BCUT2D eigenvalue weighted by molar-refractivity contribution is 14.1. The molecule has 0 aliphatic carbocycles. The summed E-state index contributed by atoms with van der Waals surface area (Å²) in [6, 6.07) is 12.5. The fraction of sp³-hybridized carbons (Fsp3) is 0.150. The molecule has 2 aromatic carbocycles. The molecule has 9 heteroatoms. The minimum atomic E-state index is -0.514. The van der Waals surface area contributed by atoms with Gasteiger partial charge >= 0.3 is 5.97 Å². The lowest BCUT2D eigenvalue weighted by atomic mass is 10.1. The van der Waals surface area contributed by atoms with Gasteiger partial charge in [-0.2, -0.15) is 5.26 Å². The van der Waals surface area contributed by atoms with Crippen LogP contribution in [0.1, 0.15) is 12.5 Å². The van der Waals surface area contributed by atoms with E-state index in [0.29, 0.717) is 25.0 Å². The van der Waals surface area contributed by atoms with Gasteiger partial charge in [-0.15, -0.1) is 0 Å². The van der Waals surface area contributed by atoms with Gasteiger partial charge in [0.1, 0.15) is 17.4 Å². The van der Waals surface area contributed by atoms with Gasteiger partial charge in [-0.3, -0.25) is 4.79 Å². The Morgan fingerprint density at radius 3 is 2.66 bits per heavy atom. The number of carbonyl (C=O) groups is 2. The summed E-state index contributed by atoms with van der Waals surface area (Å²) in [6.45, 7) is 1.79. The van der Waals surface area contributed by atoms with Gasteiger partial charge in [-0.25, -0.2) is 4.79 Å². The zero-order chi connectivity index (χ0) is 21.4. The summed E-state index contributed by atoms with van der Waals surface area (Å²) in [5.74, 6) is -0.498. The lowest BCUT2D eigenvalue weighted by Gasteiger charge is -2.11. The highest BCUT2D eigenvalue weighted by atomic mass is 127. The van der Waals surface area contributed by atoms with Gasteiger partial charge in [-0.1, -0.05) is 22.0 Å². The minimum absolute atomic E-state index is 0.0483. The van der Waals surface area contributed by atoms with Crippen molar-refractivity contribution in [3.05, 3.63) is 60.1 Å². The number of rotatable bonds is 7. The zero-order valence-corrected chi connectivity index (χ0v) is 20.5. The van der Waals surface area contributed by atoms with Crippen molar-refractivity contribution in [3.63, 3.8) is 0 Å². The summed E-state index contributed by atoms with van der Waals surface area (Å²) in [7, 11) is 0. The first-order chi connectivity index (χ1) is 13.8. The van der Waals surface area contributed by atoms with Crippen LogP contribution in [0.2, 0.25) is 0 Å². The molecule has 0 atom stereocenters. The summed E-state index contributed by atoms with van der Waals surface area (Å²) >= 11 is 8.79. The van der Waals surface area contributed by atoms with Crippen molar-refractivity contribution >= 4 is 78.1 Å². The van der Waals surface area contributed by atoms with Crippen LogP contribution in [0, 0.1) is 14.9 Å². The summed E-state index contributed by atoms with van der Waals surface area (Å²) < 4.78 is 12.5. The van der Waals surface area contributed by atoms with Crippen LogP contribution in [0.4, 0.5) is 5.69 Å². The van der Waals surface area contributed by atoms with E-state index in [2.05, 4.69) is 59.8 Å². The van der Waals surface area contributed by atoms with Crippen molar-refractivity contribution in [1.82, 2.24) is 0 Å². The fourth-order valence-electron chi connectivity index (χ4n) is 2.21. The van der Waals surface area contributed by atoms with Crippen molar-refractivity contribution in [3.8, 4) is 11.8 Å². The van der Waals surface area contributed by atoms with Gasteiger partial charge in [0.15, 0.2) is 6.61 Å². The van der Waals surface area contributed by atoms with Crippen LogP contribution in [-0.4, -0.2) is 25.1 Å². The van der Waals surface area contributed by atoms with Crippen molar-refractivity contribution in [1.29, 1.82) is 5.26 Å². The highest BCUT2D eigenvalue weighted by Crippen LogP contribution is 2.33. The first kappa shape index (κ1) is 23.4. The quantitative estimate of drug-likeness (QED) is 0.193.